The summed E-state index contributed by atoms with van der Waals surface area (Å²) in [6.45, 7) is 0.539. The molecule has 0 aliphatic heterocycles. The number of halogens is 2. The van der Waals surface area contributed by atoms with Crippen molar-refractivity contribution in [2.45, 2.75) is 43.5 Å². The van der Waals surface area contributed by atoms with Gasteiger partial charge in [-0.25, -0.2) is 0 Å². The van der Waals surface area contributed by atoms with Crippen LogP contribution >= 0.6 is 11.6 Å². The minimum atomic E-state index is -0.229. The normalized spacial score (nSPS) is 30.5. The summed E-state index contributed by atoms with van der Waals surface area (Å²) in [6, 6.07) is 0.423. The maximum atomic E-state index is 11.8. The average Bonchev–Trinajstić information content (AvgIpc) is 2.09. The standard InChI is InChI=1S/C9H17ClFN/c10-8-4-1-2-5-9(8)12-7-3-6-11/h8-9,12H,1-7H2. The van der Waals surface area contributed by atoms with E-state index in [9.17, 15) is 4.39 Å². The first-order valence-electron chi connectivity index (χ1n) is 4.78. The number of hydrogen-bond donors (Lipinski definition) is 1. The third-order valence-electron chi connectivity index (χ3n) is 2.40. The summed E-state index contributed by atoms with van der Waals surface area (Å²) in [5, 5.41) is 3.56. The topological polar surface area (TPSA) is 12.0 Å². The van der Waals surface area contributed by atoms with E-state index in [0.29, 0.717) is 12.5 Å². The van der Waals surface area contributed by atoms with Crippen molar-refractivity contribution in [3.63, 3.8) is 0 Å². The number of alkyl halides is 2. The van der Waals surface area contributed by atoms with Gasteiger partial charge in [-0.05, 0) is 25.8 Å². The van der Waals surface area contributed by atoms with Gasteiger partial charge < -0.3 is 5.32 Å². The molecule has 3 heteroatoms. The maximum Gasteiger partial charge on any atom is 0.0906 e. The lowest BCUT2D eigenvalue weighted by molar-refractivity contribution is 0.366. The van der Waals surface area contributed by atoms with Gasteiger partial charge in [0.25, 0.3) is 0 Å². The van der Waals surface area contributed by atoms with Gasteiger partial charge >= 0.3 is 0 Å². The summed E-state index contributed by atoms with van der Waals surface area (Å²) in [7, 11) is 0. The molecule has 0 aromatic rings. The van der Waals surface area contributed by atoms with Crippen LogP contribution in [0.25, 0.3) is 0 Å². The molecule has 0 aromatic heterocycles. The van der Waals surface area contributed by atoms with Crippen molar-refractivity contribution in [2.24, 2.45) is 0 Å². The quantitative estimate of drug-likeness (QED) is 0.535. The van der Waals surface area contributed by atoms with E-state index in [0.717, 1.165) is 19.4 Å². The number of hydrogen-bond acceptors (Lipinski definition) is 1. The zero-order valence-electron chi connectivity index (χ0n) is 7.36. The molecule has 0 amide bonds. The van der Waals surface area contributed by atoms with Crippen molar-refractivity contribution in [1.29, 1.82) is 0 Å². The van der Waals surface area contributed by atoms with Crippen molar-refractivity contribution in [2.75, 3.05) is 13.2 Å². The van der Waals surface area contributed by atoms with E-state index in [1.54, 1.807) is 0 Å². The SMILES string of the molecule is FCCCNC1CCCCC1Cl. The van der Waals surface area contributed by atoms with Crippen LogP contribution < -0.4 is 5.32 Å². The summed E-state index contributed by atoms with van der Waals surface area (Å²) < 4.78 is 11.8. The Morgan fingerprint density at radius 2 is 2.08 bits per heavy atom. The van der Waals surface area contributed by atoms with E-state index < -0.39 is 0 Å². The predicted molar refractivity (Wildman–Crippen MR) is 50.5 cm³/mol. The van der Waals surface area contributed by atoms with Gasteiger partial charge in [-0.2, -0.15) is 0 Å². The highest BCUT2D eigenvalue weighted by atomic mass is 35.5. The van der Waals surface area contributed by atoms with Gasteiger partial charge in [0.2, 0.25) is 0 Å². The lowest BCUT2D eigenvalue weighted by Crippen LogP contribution is -2.39. The lowest BCUT2D eigenvalue weighted by Gasteiger charge is -2.27. The monoisotopic (exact) mass is 193 g/mol. The van der Waals surface area contributed by atoms with Crippen LogP contribution in [0, 0.1) is 0 Å². The molecule has 1 N–H and O–H groups in total. The molecule has 1 saturated carbocycles. The zero-order chi connectivity index (χ0) is 8.81. The molecule has 0 saturated heterocycles. The third kappa shape index (κ3) is 3.28. The summed E-state index contributed by atoms with van der Waals surface area (Å²) in [5.41, 5.74) is 0. The lowest BCUT2D eigenvalue weighted by atomic mass is 9.95. The molecule has 72 valence electrons. The summed E-state index contributed by atoms with van der Waals surface area (Å²) in [4.78, 5) is 0. The molecule has 1 nitrogen and oxygen atoms in total. The average molecular weight is 194 g/mol. The van der Waals surface area contributed by atoms with Crippen molar-refractivity contribution in [3.05, 3.63) is 0 Å². The summed E-state index contributed by atoms with van der Waals surface area (Å²) >= 11 is 6.11. The summed E-state index contributed by atoms with van der Waals surface area (Å²) in [6.07, 6.45) is 5.38. The van der Waals surface area contributed by atoms with Crippen LogP contribution in [0.3, 0.4) is 0 Å². The van der Waals surface area contributed by atoms with E-state index >= 15 is 0 Å². The second kappa shape index (κ2) is 5.76. The first kappa shape index (κ1) is 10.3. The van der Waals surface area contributed by atoms with E-state index in [-0.39, 0.29) is 12.1 Å². The van der Waals surface area contributed by atoms with Crippen molar-refractivity contribution in [3.8, 4) is 0 Å². The molecular weight excluding hydrogens is 177 g/mol. The maximum absolute atomic E-state index is 11.8. The van der Waals surface area contributed by atoms with Crippen LogP contribution in [-0.2, 0) is 0 Å². The number of rotatable bonds is 4. The Hall–Kier alpha value is 0.180. The van der Waals surface area contributed by atoms with Crippen LogP contribution in [0.2, 0.25) is 0 Å². The fraction of sp³-hybridized carbons (Fsp3) is 1.00. The largest absolute Gasteiger partial charge is 0.312 e. The molecule has 0 radical (unpaired) electrons. The molecule has 1 fully saturated rings. The Balaban J connectivity index is 2.11. The van der Waals surface area contributed by atoms with E-state index in [1.165, 1.54) is 12.8 Å². The first-order chi connectivity index (χ1) is 5.84. The summed E-state index contributed by atoms with van der Waals surface area (Å²) in [5.74, 6) is 0. The molecule has 0 bridgehead atoms. The van der Waals surface area contributed by atoms with Gasteiger partial charge in [0.1, 0.15) is 0 Å². The van der Waals surface area contributed by atoms with Crippen LogP contribution in [0.4, 0.5) is 4.39 Å². The smallest absolute Gasteiger partial charge is 0.0906 e. The van der Waals surface area contributed by atoms with Crippen LogP contribution in [-0.4, -0.2) is 24.6 Å². The van der Waals surface area contributed by atoms with Gasteiger partial charge in [0.05, 0.1) is 6.67 Å². The first-order valence-corrected chi connectivity index (χ1v) is 5.21. The minimum Gasteiger partial charge on any atom is -0.312 e. The molecule has 12 heavy (non-hydrogen) atoms. The molecule has 1 aliphatic carbocycles. The number of nitrogens with one attached hydrogen (secondary N) is 1. The molecule has 0 aromatic carbocycles. The Morgan fingerprint density at radius 1 is 1.33 bits per heavy atom. The molecule has 2 atom stereocenters. The highest BCUT2D eigenvalue weighted by Gasteiger charge is 2.21. The predicted octanol–water partition coefficient (Wildman–Crippen LogP) is 2.49. The molecular formula is C9H17ClFN. The Labute approximate surface area is 78.7 Å². The Morgan fingerprint density at radius 3 is 2.75 bits per heavy atom. The van der Waals surface area contributed by atoms with Gasteiger partial charge in [0.15, 0.2) is 0 Å². The van der Waals surface area contributed by atoms with E-state index in [1.807, 2.05) is 0 Å². The van der Waals surface area contributed by atoms with Gasteiger partial charge in [0, 0.05) is 11.4 Å². The molecule has 0 heterocycles. The molecule has 1 aliphatic rings. The Bertz CT molecular complexity index is 121. The van der Waals surface area contributed by atoms with Crippen molar-refractivity contribution in [1.82, 2.24) is 5.32 Å². The van der Waals surface area contributed by atoms with Gasteiger partial charge in [-0.3, -0.25) is 4.39 Å². The molecule has 0 spiro atoms. The van der Waals surface area contributed by atoms with E-state index in [2.05, 4.69) is 5.32 Å². The van der Waals surface area contributed by atoms with Crippen molar-refractivity contribution < 1.29 is 4.39 Å². The van der Waals surface area contributed by atoms with Crippen LogP contribution in [0.1, 0.15) is 32.1 Å². The highest BCUT2D eigenvalue weighted by molar-refractivity contribution is 6.21. The minimum absolute atomic E-state index is 0.229. The van der Waals surface area contributed by atoms with E-state index in [4.69, 9.17) is 11.6 Å². The third-order valence-corrected chi connectivity index (χ3v) is 2.92. The second-order valence-corrected chi connectivity index (χ2v) is 3.96. The Kier molecular flexibility index (Phi) is 4.93. The van der Waals surface area contributed by atoms with Gasteiger partial charge in [-0.1, -0.05) is 12.8 Å². The fourth-order valence-corrected chi connectivity index (χ4v) is 2.04. The second-order valence-electron chi connectivity index (χ2n) is 3.40. The fourth-order valence-electron chi connectivity index (χ4n) is 1.67. The molecule has 1 rings (SSSR count). The highest BCUT2D eigenvalue weighted by Crippen LogP contribution is 2.22. The zero-order valence-corrected chi connectivity index (χ0v) is 8.12. The van der Waals surface area contributed by atoms with Gasteiger partial charge in [-0.15, -0.1) is 11.6 Å². The molecule has 2 unspecified atom stereocenters. The van der Waals surface area contributed by atoms with Crippen molar-refractivity contribution >= 4 is 11.6 Å². The van der Waals surface area contributed by atoms with Crippen LogP contribution in [0.5, 0.6) is 0 Å². The van der Waals surface area contributed by atoms with Crippen LogP contribution in [0.15, 0.2) is 0 Å².